The van der Waals surface area contributed by atoms with E-state index >= 15 is 0 Å². The van der Waals surface area contributed by atoms with Gasteiger partial charge >= 0.3 is 0 Å². The van der Waals surface area contributed by atoms with Crippen LogP contribution in [0.5, 0.6) is 0 Å². The molecule has 0 bridgehead atoms. The average Bonchev–Trinajstić information content (AvgIpc) is 1.55. The molecule has 0 aliphatic heterocycles. The molecule has 6 aromatic heterocycles. The maximum Gasteiger partial charge on any atom is 0.0562 e. The lowest BCUT2D eigenvalue weighted by atomic mass is 9.98. The highest BCUT2D eigenvalue weighted by atomic mass is 32.1. The van der Waals surface area contributed by atoms with Crippen molar-refractivity contribution in [1.29, 1.82) is 0 Å². The Labute approximate surface area is 595 Å². The standard InChI is InChI=1S/2C48H30N2S/c1-4-14-31(15-5-1)33-24-34(32-16-6-2-7-17-32)26-36(25-33)50-43-22-12-10-20-37(43)39-27-40-41-28-42-38-21-11-13-23-47(38)51-48(42)30-46(41)49(45(40)29-44(39)50)35-18-8-3-9-19-35;1-4-13-31(14-5-1)33-17-12-20-36(25-33)50-43-22-11-10-21-37(43)38-27-39-40-28-42-41-26-34(32-15-6-2-7-16-32)23-24-47(41)51-48(42)30-46(40)49(45(39)29-44(38)50)35-18-8-3-9-19-35/h2*1-30H. The molecule has 0 N–H and O–H groups in total. The second kappa shape index (κ2) is 23.4. The number of benzene rings is 16. The van der Waals surface area contributed by atoms with Crippen molar-refractivity contribution in [3.63, 3.8) is 0 Å². The van der Waals surface area contributed by atoms with E-state index in [-0.39, 0.29) is 0 Å². The number of rotatable bonds is 8. The summed E-state index contributed by atoms with van der Waals surface area (Å²) in [7, 11) is 0. The van der Waals surface area contributed by atoms with Gasteiger partial charge in [0.15, 0.2) is 0 Å². The topological polar surface area (TPSA) is 19.7 Å². The predicted octanol–water partition coefficient (Wildman–Crippen LogP) is 27.2. The molecule has 0 saturated heterocycles. The van der Waals surface area contributed by atoms with E-state index in [4.69, 9.17) is 0 Å². The third-order valence-corrected chi connectivity index (χ3v) is 23.2. The molecule has 0 radical (unpaired) electrons. The Hall–Kier alpha value is -12.8. The largest absolute Gasteiger partial charge is 0.309 e. The van der Waals surface area contributed by atoms with Gasteiger partial charge in [0.1, 0.15) is 0 Å². The summed E-state index contributed by atoms with van der Waals surface area (Å²) in [6.07, 6.45) is 0. The minimum Gasteiger partial charge on any atom is -0.309 e. The SMILES string of the molecule is c1ccc(-c2cc(-c3ccccc3)cc(-n3c4ccccc4c4cc5c6cc7c(cc6n(-c6ccccc6)c5cc43)sc3ccccc37)c2)cc1.c1ccc(-c2cccc(-n3c4ccccc4c4cc5c6cc7c(cc6n(-c6ccccc6)c5cc43)sc3ccc(-c4ccccc4)cc37)c2)cc1. The average molecular weight is 1330 g/mol. The molecule has 0 aliphatic carbocycles. The Kier molecular flexibility index (Phi) is 13.3. The van der Waals surface area contributed by atoms with Crippen molar-refractivity contribution >= 4 is 150 Å². The second-order valence-electron chi connectivity index (χ2n) is 26.7. The molecule has 16 aromatic carbocycles. The van der Waals surface area contributed by atoms with Crippen LogP contribution >= 0.6 is 22.7 Å². The summed E-state index contributed by atoms with van der Waals surface area (Å²) in [5, 5.41) is 15.4. The van der Waals surface area contributed by atoms with Crippen LogP contribution in [0.4, 0.5) is 0 Å². The van der Waals surface area contributed by atoms with Crippen LogP contribution in [0.3, 0.4) is 0 Å². The third-order valence-electron chi connectivity index (χ3n) is 20.9. The van der Waals surface area contributed by atoms with Crippen LogP contribution in [-0.4, -0.2) is 18.3 Å². The first-order valence-corrected chi connectivity index (χ1v) is 36.5. The van der Waals surface area contributed by atoms with Crippen molar-refractivity contribution in [3.05, 3.63) is 364 Å². The molecule has 6 heterocycles. The summed E-state index contributed by atoms with van der Waals surface area (Å²) in [6, 6.07) is 133. The Balaban J connectivity index is 0.000000133. The van der Waals surface area contributed by atoms with Gasteiger partial charge in [-0.1, -0.05) is 231 Å². The first-order valence-electron chi connectivity index (χ1n) is 34.9. The fourth-order valence-electron chi connectivity index (χ4n) is 16.3. The Morgan fingerprint density at radius 3 is 0.941 bits per heavy atom. The normalized spacial score (nSPS) is 11.9. The van der Waals surface area contributed by atoms with Crippen LogP contribution in [-0.2, 0) is 0 Å². The van der Waals surface area contributed by atoms with Crippen LogP contribution in [0.1, 0.15) is 0 Å². The zero-order valence-electron chi connectivity index (χ0n) is 55.2. The molecule has 476 valence electrons. The summed E-state index contributed by atoms with van der Waals surface area (Å²) in [5.41, 5.74) is 24.0. The molecular formula is C96H60N4S2. The van der Waals surface area contributed by atoms with Crippen molar-refractivity contribution in [2.24, 2.45) is 0 Å². The number of hydrogen-bond donors (Lipinski definition) is 0. The fourth-order valence-corrected chi connectivity index (χ4v) is 18.5. The Morgan fingerprint density at radius 1 is 0.137 bits per heavy atom. The summed E-state index contributed by atoms with van der Waals surface area (Å²) in [4.78, 5) is 0. The summed E-state index contributed by atoms with van der Waals surface area (Å²) < 4.78 is 15.1. The Morgan fingerprint density at radius 2 is 0.451 bits per heavy atom. The van der Waals surface area contributed by atoms with Crippen molar-refractivity contribution in [1.82, 2.24) is 18.3 Å². The van der Waals surface area contributed by atoms with Gasteiger partial charge in [-0.15, -0.1) is 22.7 Å². The van der Waals surface area contributed by atoms with Gasteiger partial charge in [-0.3, -0.25) is 0 Å². The van der Waals surface area contributed by atoms with Gasteiger partial charge in [0.05, 0.1) is 44.1 Å². The Bertz CT molecular complexity index is 7020. The van der Waals surface area contributed by atoms with Crippen LogP contribution in [0.25, 0.3) is 195 Å². The molecule has 0 amide bonds. The minimum absolute atomic E-state index is 1.15. The van der Waals surface area contributed by atoms with Crippen LogP contribution in [0.15, 0.2) is 364 Å². The van der Waals surface area contributed by atoms with Crippen molar-refractivity contribution < 1.29 is 0 Å². The second-order valence-corrected chi connectivity index (χ2v) is 28.9. The lowest BCUT2D eigenvalue weighted by Gasteiger charge is -2.14. The van der Waals surface area contributed by atoms with E-state index < -0.39 is 0 Å². The number of thiophene rings is 2. The number of fused-ring (bicyclic) bond motifs is 18. The lowest BCUT2D eigenvalue weighted by Crippen LogP contribution is -1.97. The van der Waals surface area contributed by atoms with Crippen molar-refractivity contribution in [2.75, 3.05) is 0 Å². The maximum atomic E-state index is 2.47. The molecule has 0 spiro atoms. The maximum absolute atomic E-state index is 2.47. The van der Waals surface area contributed by atoms with Crippen molar-refractivity contribution in [3.8, 4) is 67.3 Å². The van der Waals surface area contributed by atoms with Gasteiger partial charge in [-0.2, -0.15) is 0 Å². The van der Waals surface area contributed by atoms with Gasteiger partial charge in [-0.05, 0) is 178 Å². The molecule has 22 rings (SSSR count). The minimum atomic E-state index is 1.15. The van der Waals surface area contributed by atoms with E-state index in [1.54, 1.807) is 0 Å². The number of aromatic nitrogens is 4. The molecular weight excluding hydrogens is 1270 g/mol. The monoisotopic (exact) mass is 1330 g/mol. The van der Waals surface area contributed by atoms with E-state index in [1.807, 2.05) is 22.7 Å². The first kappa shape index (κ1) is 58.2. The van der Waals surface area contributed by atoms with Gasteiger partial charge in [0.25, 0.3) is 0 Å². The van der Waals surface area contributed by atoms with E-state index in [2.05, 4.69) is 382 Å². The highest BCUT2D eigenvalue weighted by Crippen LogP contribution is 2.47. The predicted molar refractivity (Wildman–Crippen MR) is 438 cm³/mol. The fraction of sp³-hybridized carbons (Fsp3) is 0. The molecule has 0 fully saturated rings. The lowest BCUT2D eigenvalue weighted by molar-refractivity contribution is 1.17. The van der Waals surface area contributed by atoms with Crippen molar-refractivity contribution in [2.45, 2.75) is 0 Å². The zero-order valence-corrected chi connectivity index (χ0v) is 56.9. The number of nitrogens with zero attached hydrogens (tertiary/aromatic N) is 4. The van der Waals surface area contributed by atoms with E-state index in [9.17, 15) is 0 Å². The number of hydrogen-bond acceptors (Lipinski definition) is 2. The summed E-state index contributed by atoms with van der Waals surface area (Å²) in [5.74, 6) is 0. The van der Waals surface area contributed by atoms with Gasteiger partial charge < -0.3 is 18.3 Å². The van der Waals surface area contributed by atoms with Crippen LogP contribution < -0.4 is 0 Å². The number of para-hydroxylation sites is 4. The van der Waals surface area contributed by atoms with E-state index in [1.165, 1.54) is 172 Å². The molecule has 0 aliphatic rings. The first-order chi connectivity index (χ1) is 50.6. The van der Waals surface area contributed by atoms with Crippen LogP contribution in [0, 0.1) is 0 Å². The molecule has 0 atom stereocenters. The molecule has 0 saturated carbocycles. The van der Waals surface area contributed by atoms with Gasteiger partial charge in [0.2, 0.25) is 0 Å². The van der Waals surface area contributed by atoms with Crippen LogP contribution in [0.2, 0.25) is 0 Å². The summed E-state index contributed by atoms with van der Waals surface area (Å²) in [6.45, 7) is 0. The highest BCUT2D eigenvalue weighted by molar-refractivity contribution is 7.26. The molecule has 102 heavy (non-hydrogen) atoms. The quantitative estimate of drug-likeness (QED) is 0.144. The van der Waals surface area contributed by atoms with Gasteiger partial charge in [0, 0.05) is 106 Å². The highest BCUT2D eigenvalue weighted by Gasteiger charge is 2.24. The van der Waals surface area contributed by atoms with E-state index in [0.29, 0.717) is 0 Å². The molecule has 6 heteroatoms. The van der Waals surface area contributed by atoms with E-state index in [0.717, 1.165) is 22.7 Å². The molecule has 4 nitrogen and oxygen atoms in total. The summed E-state index contributed by atoms with van der Waals surface area (Å²) >= 11 is 3.76. The zero-order chi connectivity index (χ0) is 66.9. The third kappa shape index (κ3) is 9.34. The molecule has 22 aromatic rings. The smallest absolute Gasteiger partial charge is 0.0562 e. The molecule has 0 unspecified atom stereocenters. The van der Waals surface area contributed by atoms with Gasteiger partial charge in [-0.25, -0.2) is 0 Å².